The van der Waals surface area contributed by atoms with E-state index in [9.17, 15) is 9.90 Å². The molecule has 0 spiro atoms. The molecule has 0 aliphatic heterocycles. The average molecular weight is 412 g/mol. The highest BCUT2D eigenvalue weighted by molar-refractivity contribution is 5.97. The molecule has 1 N–H and O–H groups in total. The molecule has 0 bridgehead atoms. The summed E-state index contributed by atoms with van der Waals surface area (Å²) in [4.78, 5) is 11.7. The first-order chi connectivity index (χ1) is 14.9. The molecule has 0 heterocycles. The first-order valence-corrected chi connectivity index (χ1v) is 10.2. The third kappa shape index (κ3) is 5.02. The smallest absolute Gasteiger partial charge is 0.163 e. The highest BCUT2D eigenvalue weighted by Gasteiger charge is 2.16. The van der Waals surface area contributed by atoms with Crippen LogP contribution in [0.5, 0.6) is 11.5 Å². The number of carbonyl (C=O) groups excluding carboxylic acids is 1. The molecule has 156 valence electrons. The summed E-state index contributed by atoms with van der Waals surface area (Å²) in [5, 5.41) is 19.6. The minimum Gasteiger partial charge on any atom is -0.507 e. The first kappa shape index (κ1) is 21.9. The van der Waals surface area contributed by atoms with Crippen LogP contribution < -0.4 is 4.74 Å². The van der Waals surface area contributed by atoms with Crippen molar-refractivity contribution in [2.75, 3.05) is 0 Å². The number of nitrogens with zero attached hydrogens (tertiary/aromatic N) is 1. The molecule has 0 aliphatic rings. The van der Waals surface area contributed by atoms with Crippen LogP contribution in [0, 0.1) is 11.3 Å². The Balaban J connectivity index is 1.75. The molecule has 4 heteroatoms. The van der Waals surface area contributed by atoms with Gasteiger partial charge in [0.2, 0.25) is 0 Å². The summed E-state index contributed by atoms with van der Waals surface area (Å²) in [7, 11) is 0. The lowest BCUT2D eigenvalue weighted by atomic mass is 9.97. The standard InChI is InChI=1S/C27H25NO3/c1-4-6-25-26(14-13-24(19(3)29)27(25)30)31-17-20-9-11-22(12-10-20)18(2)23-8-5-7-21(15-23)16-28/h5,7-15,30H,2,4,6,17H2,1,3H3. The van der Waals surface area contributed by atoms with E-state index < -0.39 is 0 Å². The third-order valence-corrected chi connectivity index (χ3v) is 5.16. The number of rotatable bonds is 8. The van der Waals surface area contributed by atoms with Crippen molar-refractivity contribution in [3.8, 4) is 17.6 Å². The van der Waals surface area contributed by atoms with Crippen molar-refractivity contribution in [1.82, 2.24) is 0 Å². The number of phenolic OH excluding ortho intramolecular Hbond substituents is 1. The van der Waals surface area contributed by atoms with Gasteiger partial charge in [0.05, 0.1) is 17.2 Å². The second-order valence-corrected chi connectivity index (χ2v) is 7.40. The number of ketones is 1. The van der Waals surface area contributed by atoms with Crippen molar-refractivity contribution >= 4 is 11.4 Å². The summed E-state index contributed by atoms with van der Waals surface area (Å²) in [6.45, 7) is 7.96. The van der Waals surface area contributed by atoms with Crippen molar-refractivity contribution in [2.24, 2.45) is 0 Å². The fourth-order valence-electron chi connectivity index (χ4n) is 3.44. The summed E-state index contributed by atoms with van der Waals surface area (Å²) in [5.41, 5.74) is 5.28. The average Bonchev–Trinajstić information content (AvgIpc) is 2.79. The second-order valence-electron chi connectivity index (χ2n) is 7.40. The Bertz CT molecular complexity index is 1150. The Morgan fingerprint density at radius 3 is 2.48 bits per heavy atom. The quantitative estimate of drug-likeness (QED) is 0.457. The molecule has 0 amide bonds. The number of benzene rings is 3. The van der Waals surface area contributed by atoms with Crippen molar-refractivity contribution in [3.05, 3.63) is 101 Å². The zero-order valence-electron chi connectivity index (χ0n) is 17.8. The van der Waals surface area contributed by atoms with Crippen LogP contribution in [0.25, 0.3) is 5.57 Å². The van der Waals surface area contributed by atoms with Gasteiger partial charge >= 0.3 is 0 Å². The largest absolute Gasteiger partial charge is 0.507 e. The van der Waals surface area contributed by atoms with Crippen LogP contribution >= 0.6 is 0 Å². The van der Waals surface area contributed by atoms with E-state index in [4.69, 9.17) is 10.00 Å². The van der Waals surface area contributed by atoms with Crippen LogP contribution in [-0.2, 0) is 13.0 Å². The van der Waals surface area contributed by atoms with Gasteiger partial charge in [0, 0.05) is 5.56 Å². The fourth-order valence-corrected chi connectivity index (χ4v) is 3.44. The molecule has 4 nitrogen and oxygen atoms in total. The van der Waals surface area contributed by atoms with Crippen LogP contribution in [0.3, 0.4) is 0 Å². The summed E-state index contributed by atoms with van der Waals surface area (Å²) in [6.07, 6.45) is 1.46. The van der Waals surface area contributed by atoms with Crippen molar-refractivity contribution in [1.29, 1.82) is 5.26 Å². The predicted molar refractivity (Wildman–Crippen MR) is 122 cm³/mol. The molecule has 0 radical (unpaired) electrons. The van der Waals surface area contributed by atoms with Gasteiger partial charge in [-0.3, -0.25) is 4.79 Å². The molecule has 0 aromatic heterocycles. The normalized spacial score (nSPS) is 10.4. The van der Waals surface area contributed by atoms with Crippen molar-refractivity contribution in [2.45, 2.75) is 33.3 Å². The SMILES string of the molecule is C=C(c1ccc(COc2ccc(C(C)=O)c(O)c2CCC)cc1)c1cccc(C#N)c1. The molecule has 31 heavy (non-hydrogen) atoms. The molecule has 0 unspecified atom stereocenters. The van der Waals surface area contributed by atoms with Crippen LogP contribution in [0.4, 0.5) is 0 Å². The number of nitriles is 1. The van der Waals surface area contributed by atoms with E-state index in [-0.39, 0.29) is 11.5 Å². The zero-order valence-corrected chi connectivity index (χ0v) is 17.8. The fraction of sp³-hybridized carbons (Fsp3) is 0.185. The monoisotopic (exact) mass is 411 g/mol. The molecule has 3 rings (SSSR count). The minimum absolute atomic E-state index is 0.0121. The number of aromatic hydroxyl groups is 1. The lowest BCUT2D eigenvalue weighted by Gasteiger charge is -2.15. The maximum atomic E-state index is 11.7. The van der Waals surface area contributed by atoms with E-state index in [0.29, 0.717) is 35.5 Å². The van der Waals surface area contributed by atoms with Gasteiger partial charge in [0.15, 0.2) is 5.78 Å². The molecule has 0 saturated carbocycles. The summed E-state index contributed by atoms with van der Waals surface area (Å²) >= 11 is 0. The van der Waals surface area contributed by atoms with E-state index >= 15 is 0 Å². The van der Waals surface area contributed by atoms with Crippen molar-refractivity contribution in [3.63, 3.8) is 0 Å². The number of phenols is 1. The first-order valence-electron chi connectivity index (χ1n) is 10.2. The summed E-state index contributed by atoms with van der Waals surface area (Å²) < 4.78 is 5.98. The van der Waals surface area contributed by atoms with Gasteiger partial charge in [0.1, 0.15) is 18.1 Å². The third-order valence-electron chi connectivity index (χ3n) is 5.16. The number of carbonyl (C=O) groups is 1. The van der Waals surface area contributed by atoms with E-state index in [1.165, 1.54) is 6.92 Å². The van der Waals surface area contributed by atoms with E-state index in [0.717, 1.165) is 28.7 Å². The molecule has 0 saturated heterocycles. The maximum absolute atomic E-state index is 11.7. The van der Waals surface area contributed by atoms with Crippen LogP contribution in [0.2, 0.25) is 0 Å². The highest BCUT2D eigenvalue weighted by atomic mass is 16.5. The van der Waals surface area contributed by atoms with Gasteiger partial charge in [-0.25, -0.2) is 0 Å². The van der Waals surface area contributed by atoms with Crippen molar-refractivity contribution < 1.29 is 14.6 Å². The van der Waals surface area contributed by atoms with E-state index in [2.05, 4.69) is 12.6 Å². The lowest BCUT2D eigenvalue weighted by Crippen LogP contribution is -2.02. The van der Waals surface area contributed by atoms with E-state index in [1.807, 2.05) is 49.4 Å². The Morgan fingerprint density at radius 1 is 1.10 bits per heavy atom. The van der Waals surface area contributed by atoms with Crippen LogP contribution in [-0.4, -0.2) is 10.9 Å². The molecule has 3 aromatic rings. The minimum atomic E-state index is -0.169. The van der Waals surface area contributed by atoms with Gasteiger partial charge in [-0.15, -0.1) is 0 Å². The zero-order chi connectivity index (χ0) is 22.4. The van der Waals surface area contributed by atoms with Gasteiger partial charge in [-0.1, -0.05) is 56.3 Å². The molecular weight excluding hydrogens is 386 g/mol. The Kier molecular flexibility index (Phi) is 6.89. The van der Waals surface area contributed by atoms with E-state index in [1.54, 1.807) is 18.2 Å². The Hall–Kier alpha value is -3.84. The topological polar surface area (TPSA) is 70.3 Å². The Morgan fingerprint density at radius 2 is 1.84 bits per heavy atom. The molecule has 3 aromatic carbocycles. The predicted octanol–water partition coefficient (Wildman–Crippen LogP) is 6.06. The van der Waals surface area contributed by atoms with Crippen LogP contribution in [0.1, 0.15) is 58.4 Å². The Labute approximate surface area is 183 Å². The van der Waals surface area contributed by atoms with Crippen LogP contribution in [0.15, 0.2) is 67.2 Å². The summed E-state index contributed by atoms with van der Waals surface area (Å²) in [6, 6.07) is 20.8. The number of Topliss-reactive ketones (excluding diaryl/α,β-unsaturated/α-hetero) is 1. The molecule has 0 atom stereocenters. The van der Waals surface area contributed by atoms with Gasteiger partial charge in [-0.2, -0.15) is 5.26 Å². The lowest BCUT2D eigenvalue weighted by molar-refractivity contribution is 0.101. The summed E-state index contributed by atoms with van der Waals surface area (Å²) in [5.74, 6) is 0.432. The van der Waals surface area contributed by atoms with Gasteiger partial charge < -0.3 is 9.84 Å². The molecule has 0 fully saturated rings. The van der Waals surface area contributed by atoms with Gasteiger partial charge in [-0.05, 0) is 59.9 Å². The van der Waals surface area contributed by atoms with Gasteiger partial charge in [0.25, 0.3) is 0 Å². The molecule has 0 aliphatic carbocycles. The maximum Gasteiger partial charge on any atom is 0.163 e. The second kappa shape index (κ2) is 9.77. The number of hydrogen-bond acceptors (Lipinski definition) is 4. The molecular formula is C27H25NO3. The highest BCUT2D eigenvalue weighted by Crippen LogP contribution is 2.33. The number of ether oxygens (including phenoxy) is 1. The number of hydrogen-bond donors (Lipinski definition) is 1.